The first-order valence-corrected chi connectivity index (χ1v) is 12.4. The number of carbonyl (C=O) groups is 1. The van der Waals surface area contributed by atoms with Crippen molar-refractivity contribution in [1.29, 1.82) is 0 Å². The first kappa shape index (κ1) is 26.4. The van der Waals surface area contributed by atoms with Crippen LogP contribution < -0.4 is 10.6 Å². The third kappa shape index (κ3) is 5.19. The van der Waals surface area contributed by atoms with E-state index in [0.29, 0.717) is 49.0 Å². The fourth-order valence-corrected chi connectivity index (χ4v) is 6.03. The van der Waals surface area contributed by atoms with E-state index in [0.717, 1.165) is 6.33 Å². The number of hydrogen-bond acceptors (Lipinski definition) is 6. The van der Waals surface area contributed by atoms with Gasteiger partial charge in [0.1, 0.15) is 29.2 Å². The Morgan fingerprint density at radius 3 is 2.61 bits per heavy atom. The van der Waals surface area contributed by atoms with E-state index in [-0.39, 0.29) is 35.1 Å². The van der Waals surface area contributed by atoms with E-state index in [1.54, 1.807) is 17.9 Å². The Labute approximate surface area is 220 Å². The van der Waals surface area contributed by atoms with Gasteiger partial charge in [-0.2, -0.15) is 13.2 Å². The van der Waals surface area contributed by atoms with Crippen LogP contribution in [-0.2, 0) is 13.2 Å². The minimum absolute atomic E-state index is 0.0139. The number of alkyl halides is 3. The maximum Gasteiger partial charge on any atom is 0.421 e. The number of aromatic nitrogens is 4. The minimum Gasteiger partial charge on any atom is -0.388 e. The molecule has 2 aliphatic rings. The maximum absolute atomic E-state index is 13.5. The van der Waals surface area contributed by atoms with Gasteiger partial charge < -0.3 is 20.3 Å². The molecule has 0 spiro atoms. The Bertz CT molecular complexity index is 1350. The van der Waals surface area contributed by atoms with E-state index in [2.05, 4.69) is 25.6 Å². The Balaban J connectivity index is 1.24. The molecule has 0 aliphatic heterocycles. The zero-order valence-electron chi connectivity index (χ0n) is 20.3. The molecule has 0 bridgehead atoms. The molecule has 2 atom stereocenters. The summed E-state index contributed by atoms with van der Waals surface area (Å²) in [6.45, 7) is -0.0672. The average Bonchev–Trinajstić information content (AvgIpc) is 3.50. The second kappa shape index (κ2) is 9.81. The van der Waals surface area contributed by atoms with E-state index in [9.17, 15) is 27.5 Å². The van der Waals surface area contributed by atoms with Gasteiger partial charge in [0.15, 0.2) is 0 Å². The summed E-state index contributed by atoms with van der Waals surface area (Å²) in [4.78, 5) is 24.7. The fraction of sp³-hybridized carbons (Fsp3) is 0.440. The lowest BCUT2D eigenvalue weighted by molar-refractivity contribution is -0.137. The smallest absolute Gasteiger partial charge is 0.388 e. The summed E-state index contributed by atoms with van der Waals surface area (Å²) in [7, 11) is 1.71. The van der Waals surface area contributed by atoms with E-state index < -0.39 is 29.1 Å². The van der Waals surface area contributed by atoms with Crippen molar-refractivity contribution in [2.45, 2.75) is 43.4 Å². The van der Waals surface area contributed by atoms with Gasteiger partial charge in [0.05, 0.1) is 22.6 Å². The SMILES string of the molecule is Cn1cnc(C2CC3CC(O)(CNc4ncncc4C(F)(F)F)CC3C2)c1C(=O)Nc1ccc(F)c(Cl)c1. The molecule has 0 saturated heterocycles. The number of carbonyl (C=O) groups excluding carboxylic acids is 1. The van der Waals surface area contributed by atoms with Crippen LogP contribution in [0.2, 0.25) is 5.02 Å². The highest BCUT2D eigenvalue weighted by Crippen LogP contribution is 2.54. The van der Waals surface area contributed by atoms with Crippen LogP contribution in [0.15, 0.2) is 37.1 Å². The Morgan fingerprint density at radius 2 is 1.95 bits per heavy atom. The highest BCUT2D eigenvalue weighted by Gasteiger charge is 2.50. The summed E-state index contributed by atoms with van der Waals surface area (Å²) in [5.41, 5.74) is -0.779. The third-order valence-corrected chi connectivity index (χ3v) is 7.76. The molecular weight excluding hydrogens is 528 g/mol. The number of halogens is 5. The molecule has 1 amide bonds. The highest BCUT2D eigenvalue weighted by molar-refractivity contribution is 6.31. The second-order valence-corrected chi connectivity index (χ2v) is 10.5. The number of nitrogens with one attached hydrogen (secondary N) is 2. The third-order valence-electron chi connectivity index (χ3n) is 7.47. The first-order chi connectivity index (χ1) is 17.9. The van der Waals surface area contributed by atoms with Crippen LogP contribution >= 0.6 is 11.6 Å². The van der Waals surface area contributed by atoms with Crippen LogP contribution in [0.1, 0.15) is 53.3 Å². The molecule has 3 aromatic rings. The van der Waals surface area contributed by atoms with Crippen molar-refractivity contribution in [3.8, 4) is 0 Å². The molecule has 2 saturated carbocycles. The highest BCUT2D eigenvalue weighted by atomic mass is 35.5. The van der Waals surface area contributed by atoms with Crippen molar-refractivity contribution < 1.29 is 27.5 Å². The lowest BCUT2D eigenvalue weighted by Gasteiger charge is -2.26. The summed E-state index contributed by atoms with van der Waals surface area (Å²) in [6.07, 6.45) is 0.894. The topological polar surface area (TPSA) is 105 Å². The number of rotatable bonds is 6. The van der Waals surface area contributed by atoms with E-state index in [1.165, 1.54) is 18.2 Å². The normalized spacial score (nSPS) is 24.9. The number of anilines is 2. The first-order valence-electron chi connectivity index (χ1n) is 12.0. The molecule has 0 radical (unpaired) electrons. The van der Waals surface area contributed by atoms with Crippen molar-refractivity contribution in [3.05, 3.63) is 64.8 Å². The van der Waals surface area contributed by atoms with Crippen LogP contribution in [-0.4, -0.2) is 42.7 Å². The molecule has 2 fully saturated rings. The van der Waals surface area contributed by atoms with E-state index >= 15 is 0 Å². The average molecular weight is 553 g/mol. The fourth-order valence-electron chi connectivity index (χ4n) is 5.85. The van der Waals surface area contributed by atoms with Gasteiger partial charge >= 0.3 is 6.18 Å². The van der Waals surface area contributed by atoms with Gasteiger partial charge in [0.2, 0.25) is 0 Å². The minimum atomic E-state index is -4.61. The number of hydrogen-bond donors (Lipinski definition) is 3. The summed E-state index contributed by atoms with van der Waals surface area (Å²) in [5, 5.41) is 16.5. The Kier molecular flexibility index (Phi) is 6.80. The molecule has 8 nitrogen and oxygen atoms in total. The molecule has 3 N–H and O–H groups in total. The number of fused-ring (bicyclic) bond motifs is 1. The number of aryl methyl sites for hydroxylation is 1. The van der Waals surface area contributed by atoms with Crippen LogP contribution in [0.4, 0.5) is 29.1 Å². The zero-order chi connectivity index (χ0) is 27.2. The molecule has 13 heteroatoms. The van der Waals surface area contributed by atoms with Gasteiger partial charge in [-0.15, -0.1) is 0 Å². The Morgan fingerprint density at radius 1 is 1.24 bits per heavy atom. The molecular formula is C25H25ClF4N6O2. The predicted molar refractivity (Wildman–Crippen MR) is 131 cm³/mol. The number of benzene rings is 1. The van der Waals surface area contributed by atoms with Crippen LogP contribution in [0.25, 0.3) is 0 Å². The lowest BCUT2D eigenvalue weighted by atomic mass is 9.92. The molecule has 2 unspecified atom stereocenters. The van der Waals surface area contributed by atoms with Crippen molar-refractivity contribution in [1.82, 2.24) is 19.5 Å². The summed E-state index contributed by atoms with van der Waals surface area (Å²) < 4.78 is 54.8. The van der Waals surface area contributed by atoms with Crippen LogP contribution in [0, 0.1) is 17.7 Å². The monoisotopic (exact) mass is 552 g/mol. The standard InChI is InChI=1S/C25H25ClF4N6O2/c1-36-12-34-20(21(36)23(37)35-16-2-3-19(27)18(26)6-16)13-4-14-7-24(38,8-15(14)5-13)10-32-22-17(25(28,29)30)9-31-11-33-22/h2-3,6,9,11-15,38H,4-5,7-8,10H2,1H3,(H,35,37)(H,31,32,33). The Hall–Kier alpha value is -3.25. The molecule has 2 aliphatic carbocycles. The van der Waals surface area contributed by atoms with Gasteiger partial charge in [-0.05, 0) is 55.7 Å². The molecule has 5 rings (SSSR count). The van der Waals surface area contributed by atoms with Crippen molar-refractivity contribution in [2.24, 2.45) is 18.9 Å². The molecule has 1 aromatic carbocycles. The largest absolute Gasteiger partial charge is 0.421 e. The predicted octanol–water partition coefficient (Wildman–Crippen LogP) is 5.02. The van der Waals surface area contributed by atoms with Crippen molar-refractivity contribution >= 4 is 29.0 Å². The van der Waals surface area contributed by atoms with Gasteiger partial charge in [0, 0.05) is 31.4 Å². The van der Waals surface area contributed by atoms with Gasteiger partial charge in [-0.25, -0.2) is 19.3 Å². The molecule has 2 heterocycles. The van der Waals surface area contributed by atoms with Crippen molar-refractivity contribution in [3.63, 3.8) is 0 Å². The van der Waals surface area contributed by atoms with Crippen LogP contribution in [0.5, 0.6) is 0 Å². The van der Waals surface area contributed by atoms with Crippen molar-refractivity contribution in [2.75, 3.05) is 17.2 Å². The number of nitrogens with zero attached hydrogens (tertiary/aromatic N) is 4. The zero-order valence-corrected chi connectivity index (χ0v) is 21.0. The van der Waals surface area contributed by atoms with E-state index in [4.69, 9.17) is 11.6 Å². The summed E-state index contributed by atoms with van der Waals surface area (Å²) >= 11 is 5.83. The molecule has 38 heavy (non-hydrogen) atoms. The maximum atomic E-state index is 13.5. The summed E-state index contributed by atoms with van der Waals surface area (Å²) in [6, 6.07) is 3.92. The number of amides is 1. The van der Waals surface area contributed by atoms with E-state index in [1.807, 2.05) is 0 Å². The lowest BCUT2D eigenvalue weighted by Crippen LogP contribution is -2.35. The number of aliphatic hydroxyl groups is 1. The second-order valence-electron chi connectivity index (χ2n) is 10.1. The van der Waals surface area contributed by atoms with Gasteiger partial charge in [-0.3, -0.25) is 4.79 Å². The van der Waals surface area contributed by atoms with Crippen LogP contribution in [0.3, 0.4) is 0 Å². The quantitative estimate of drug-likeness (QED) is 0.371. The molecule has 202 valence electrons. The summed E-state index contributed by atoms with van der Waals surface area (Å²) in [5.74, 6) is -1.09. The van der Waals surface area contributed by atoms with Gasteiger partial charge in [-0.1, -0.05) is 11.6 Å². The number of imidazole rings is 1. The van der Waals surface area contributed by atoms with Gasteiger partial charge in [0.25, 0.3) is 5.91 Å². The molecule has 2 aromatic heterocycles.